The van der Waals surface area contributed by atoms with Gasteiger partial charge in [-0.1, -0.05) is 50.1 Å². The molecule has 102 valence electrons. The average Bonchev–Trinajstić information content (AvgIpc) is 2.32. The Morgan fingerprint density at radius 1 is 1.11 bits per heavy atom. The van der Waals surface area contributed by atoms with Gasteiger partial charge in [0.2, 0.25) is 0 Å². The van der Waals surface area contributed by atoms with E-state index < -0.39 is 0 Å². The van der Waals surface area contributed by atoms with Gasteiger partial charge in [-0.15, -0.1) is 0 Å². The Morgan fingerprint density at radius 3 is 2.22 bits per heavy atom. The molecule has 0 aromatic heterocycles. The van der Waals surface area contributed by atoms with Crippen LogP contribution in [0.5, 0.6) is 0 Å². The molecule has 1 rings (SSSR count). The zero-order chi connectivity index (χ0) is 13.5. The van der Waals surface area contributed by atoms with E-state index in [1.807, 2.05) is 0 Å². The molecular weight excluding hydrogens is 238 g/mol. The average molecular weight is 265 g/mol. The van der Waals surface area contributed by atoms with Crippen molar-refractivity contribution < 1.29 is 0 Å². The monoisotopic (exact) mass is 265 g/mol. The number of benzene rings is 1. The zero-order valence-electron chi connectivity index (χ0n) is 12.4. The van der Waals surface area contributed by atoms with Crippen LogP contribution >= 0.6 is 11.8 Å². The van der Waals surface area contributed by atoms with Crippen LogP contribution < -0.4 is 5.32 Å². The summed E-state index contributed by atoms with van der Waals surface area (Å²) in [6.45, 7) is 12.1. The first-order chi connectivity index (χ1) is 8.56. The maximum atomic E-state index is 3.61. The molecule has 0 fully saturated rings. The normalized spacial score (nSPS) is 14.5. The van der Waals surface area contributed by atoms with E-state index in [0.717, 1.165) is 17.5 Å². The highest BCUT2D eigenvalue weighted by atomic mass is 32.2. The van der Waals surface area contributed by atoms with Crippen molar-refractivity contribution in [2.24, 2.45) is 0 Å². The van der Waals surface area contributed by atoms with E-state index in [1.165, 1.54) is 23.1 Å². The molecular formula is C16H27NS. The van der Waals surface area contributed by atoms with Crippen LogP contribution in [0.25, 0.3) is 0 Å². The fraction of sp³-hybridized carbons (Fsp3) is 0.625. The molecule has 0 aliphatic carbocycles. The van der Waals surface area contributed by atoms with E-state index in [-0.39, 0.29) is 0 Å². The largest absolute Gasteiger partial charge is 0.310 e. The number of aryl methyl sites for hydroxylation is 2. The van der Waals surface area contributed by atoms with Crippen LogP contribution in [0.3, 0.4) is 0 Å². The van der Waals surface area contributed by atoms with Gasteiger partial charge < -0.3 is 5.32 Å². The molecule has 0 amide bonds. The summed E-state index contributed by atoms with van der Waals surface area (Å²) in [5.74, 6) is 1.16. The van der Waals surface area contributed by atoms with Crippen LogP contribution in [0.4, 0.5) is 0 Å². The molecule has 0 aliphatic rings. The summed E-state index contributed by atoms with van der Waals surface area (Å²) in [6, 6.07) is 7.36. The Balaban J connectivity index is 2.76. The minimum absolute atomic E-state index is 0.479. The van der Waals surface area contributed by atoms with Crippen molar-refractivity contribution in [3.8, 4) is 0 Å². The van der Waals surface area contributed by atoms with Crippen molar-refractivity contribution in [2.75, 3.05) is 12.3 Å². The van der Waals surface area contributed by atoms with Crippen molar-refractivity contribution in [1.82, 2.24) is 5.32 Å². The van der Waals surface area contributed by atoms with Gasteiger partial charge in [0.15, 0.2) is 0 Å². The highest BCUT2D eigenvalue weighted by Gasteiger charge is 2.12. The summed E-state index contributed by atoms with van der Waals surface area (Å²) in [4.78, 5) is 0. The Morgan fingerprint density at radius 2 is 1.72 bits per heavy atom. The molecule has 1 aromatic rings. The number of nitrogens with one attached hydrogen (secondary N) is 1. The van der Waals surface area contributed by atoms with Crippen LogP contribution in [-0.2, 0) is 0 Å². The Kier molecular flexibility index (Phi) is 6.80. The number of rotatable bonds is 7. The summed E-state index contributed by atoms with van der Waals surface area (Å²) >= 11 is 2.07. The molecule has 0 aliphatic heterocycles. The van der Waals surface area contributed by atoms with Crippen molar-refractivity contribution in [1.29, 1.82) is 0 Å². The van der Waals surface area contributed by atoms with E-state index in [1.54, 1.807) is 0 Å². The van der Waals surface area contributed by atoms with Crippen molar-refractivity contribution in [3.63, 3.8) is 0 Å². The lowest BCUT2D eigenvalue weighted by Crippen LogP contribution is -2.24. The van der Waals surface area contributed by atoms with Crippen LogP contribution in [-0.4, -0.2) is 17.5 Å². The topological polar surface area (TPSA) is 12.0 Å². The Labute approximate surface area is 117 Å². The minimum Gasteiger partial charge on any atom is -0.310 e. The third-order valence-corrected chi connectivity index (χ3v) is 4.65. The van der Waals surface area contributed by atoms with Gasteiger partial charge in [-0.2, -0.15) is 11.8 Å². The van der Waals surface area contributed by atoms with E-state index in [0.29, 0.717) is 6.04 Å². The molecule has 2 heteroatoms. The first-order valence-corrected chi connectivity index (χ1v) is 8.04. The van der Waals surface area contributed by atoms with Crippen molar-refractivity contribution >= 4 is 11.8 Å². The zero-order valence-corrected chi connectivity index (χ0v) is 13.2. The van der Waals surface area contributed by atoms with Gasteiger partial charge in [-0.25, -0.2) is 0 Å². The maximum Gasteiger partial charge on any atom is 0.0412 e. The second-order valence-corrected chi connectivity index (χ2v) is 6.55. The Bertz CT molecular complexity index is 342. The molecule has 2 atom stereocenters. The Hall–Kier alpha value is -0.470. The van der Waals surface area contributed by atoms with Gasteiger partial charge in [0.1, 0.15) is 0 Å². The van der Waals surface area contributed by atoms with Crippen LogP contribution in [0.1, 0.15) is 49.9 Å². The summed E-state index contributed by atoms with van der Waals surface area (Å²) in [5, 5.41) is 4.36. The minimum atomic E-state index is 0.479. The first-order valence-electron chi connectivity index (χ1n) is 7.00. The standard InChI is InChI=1S/C16H27NS/c1-6-14(5)18-11-16(17-7-2)15-9-12(3)8-13(4)10-15/h8-10,14,16-17H,6-7,11H2,1-5H3. The smallest absolute Gasteiger partial charge is 0.0412 e. The lowest BCUT2D eigenvalue weighted by molar-refractivity contribution is 0.604. The first kappa shape index (κ1) is 15.6. The molecule has 0 spiro atoms. The molecule has 18 heavy (non-hydrogen) atoms. The lowest BCUT2D eigenvalue weighted by Gasteiger charge is -2.21. The van der Waals surface area contributed by atoms with E-state index in [4.69, 9.17) is 0 Å². The van der Waals surface area contributed by atoms with Gasteiger partial charge in [0.25, 0.3) is 0 Å². The predicted octanol–water partition coefficient (Wildman–Crippen LogP) is 4.49. The molecule has 2 unspecified atom stereocenters. The number of hydrogen-bond acceptors (Lipinski definition) is 2. The fourth-order valence-electron chi connectivity index (χ4n) is 2.11. The van der Waals surface area contributed by atoms with Crippen LogP contribution in [0, 0.1) is 13.8 Å². The highest BCUT2D eigenvalue weighted by molar-refractivity contribution is 7.99. The molecule has 1 nitrogen and oxygen atoms in total. The molecule has 0 heterocycles. The summed E-state index contributed by atoms with van der Waals surface area (Å²) in [6.07, 6.45) is 1.25. The summed E-state index contributed by atoms with van der Waals surface area (Å²) in [7, 11) is 0. The van der Waals surface area contributed by atoms with E-state index >= 15 is 0 Å². The quantitative estimate of drug-likeness (QED) is 0.780. The van der Waals surface area contributed by atoms with Gasteiger partial charge >= 0.3 is 0 Å². The number of hydrogen-bond donors (Lipinski definition) is 1. The van der Waals surface area contributed by atoms with E-state index in [9.17, 15) is 0 Å². The lowest BCUT2D eigenvalue weighted by atomic mass is 10.0. The molecule has 1 aromatic carbocycles. The summed E-state index contributed by atoms with van der Waals surface area (Å²) < 4.78 is 0. The fourth-order valence-corrected chi connectivity index (χ4v) is 3.18. The van der Waals surface area contributed by atoms with Crippen LogP contribution in [0.15, 0.2) is 18.2 Å². The molecule has 1 N–H and O–H groups in total. The van der Waals surface area contributed by atoms with Gasteiger partial charge in [-0.05, 0) is 32.4 Å². The summed E-state index contributed by atoms with van der Waals surface area (Å²) in [5.41, 5.74) is 4.16. The molecule has 0 bridgehead atoms. The molecule has 0 radical (unpaired) electrons. The van der Waals surface area contributed by atoms with E-state index in [2.05, 4.69) is 69.9 Å². The third-order valence-electron chi connectivity index (χ3n) is 3.22. The predicted molar refractivity (Wildman–Crippen MR) is 84.5 cm³/mol. The third kappa shape index (κ3) is 5.03. The number of thioether (sulfide) groups is 1. The van der Waals surface area contributed by atoms with Crippen molar-refractivity contribution in [2.45, 2.75) is 52.3 Å². The SMILES string of the molecule is CCNC(CSC(C)CC)c1cc(C)cc(C)c1. The molecule has 0 saturated heterocycles. The molecule has 0 saturated carbocycles. The van der Waals surface area contributed by atoms with Gasteiger partial charge in [0, 0.05) is 17.0 Å². The van der Waals surface area contributed by atoms with Gasteiger partial charge in [-0.3, -0.25) is 0 Å². The highest BCUT2D eigenvalue weighted by Crippen LogP contribution is 2.24. The second kappa shape index (κ2) is 7.85. The van der Waals surface area contributed by atoms with Crippen molar-refractivity contribution in [3.05, 3.63) is 34.9 Å². The second-order valence-electron chi connectivity index (χ2n) is 5.08. The maximum absolute atomic E-state index is 3.61. The van der Waals surface area contributed by atoms with Crippen LogP contribution in [0.2, 0.25) is 0 Å². The van der Waals surface area contributed by atoms with Gasteiger partial charge in [0.05, 0.1) is 0 Å².